The van der Waals surface area contributed by atoms with Gasteiger partial charge in [0.25, 0.3) is 0 Å². The van der Waals surface area contributed by atoms with Crippen LogP contribution < -0.4 is 0 Å². The van der Waals surface area contributed by atoms with Gasteiger partial charge in [0, 0.05) is 6.54 Å². The van der Waals surface area contributed by atoms with E-state index in [2.05, 4.69) is 4.98 Å². The van der Waals surface area contributed by atoms with E-state index in [1.807, 2.05) is 41.2 Å². The van der Waals surface area contributed by atoms with Crippen LogP contribution in [0.3, 0.4) is 0 Å². The van der Waals surface area contributed by atoms with Gasteiger partial charge in [-0.15, -0.1) is 0 Å². The van der Waals surface area contributed by atoms with Crippen LogP contribution in [0.5, 0.6) is 0 Å². The first kappa shape index (κ1) is 9.09. The number of rotatable bonds is 2. The molecule has 0 saturated heterocycles. The number of hydrogen-bond donors (Lipinski definition) is 0. The summed E-state index contributed by atoms with van der Waals surface area (Å²) in [4.78, 5) is 15.4. The zero-order valence-corrected chi connectivity index (χ0v) is 8.63. The lowest BCUT2D eigenvalue weighted by Crippen LogP contribution is -1.97. The molecule has 3 heteroatoms. The number of carbonyl (C=O) groups is 1. The van der Waals surface area contributed by atoms with Gasteiger partial charge < -0.3 is 4.57 Å². The molecule has 3 nitrogen and oxygen atoms in total. The van der Waals surface area contributed by atoms with Gasteiger partial charge in [-0.25, -0.2) is 4.98 Å². The summed E-state index contributed by atoms with van der Waals surface area (Å²) in [5, 5.41) is 0. The number of nitrogens with zero attached hydrogens (tertiary/aromatic N) is 2. The molecular formula is C13H10N2O. The van der Waals surface area contributed by atoms with Gasteiger partial charge in [0.15, 0.2) is 5.78 Å². The van der Waals surface area contributed by atoms with Crippen LogP contribution in [0.25, 0.3) is 11.0 Å². The Hall–Kier alpha value is -2.16. The van der Waals surface area contributed by atoms with E-state index in [1.165, 1.54) is 0 Å². The number of aromatic nitrogens is 2. The van der Waals surface area contributed by atoms with Crippen LogP contribution >= 0.6 is 0 Å². The van der Waals surface area contributed by atoms with Crippen molar-refractivity contribution in [2.45, 2.75) is 6.54 Å². The van der Waals surface area contributed by atoms with E-state index in [0.29, 0.717) is 6.54 Å². The zero-order chi connectivity index (χ0) is 11.0. The molecule has 1 heterocycles. The molecule has 78 valence electrons. The fraction of sp³-hybridized carbons (Fsp3) is 0.0769. The van der Waals surface area contributed by atoms with Crippen LogP contribution in [0.4, 0.5) is 0 Å². The summed E-state index contributed by atoms with van der Waals surface area (Å²) in [7, 11) is 0. The second-order valence-corrected chi connectivity index (χ2v) is 3.82. The normalized spacial score (nSPS) is 14.8. The Bertz CT molecular complexity index is 620. The highest BCUT2D eigenvalue weighted by Gasteiger charge is 2.07. The fourth-order valence-electron chi connectivity index (χ4n) is 1.90. The van der Waals surface area contributed by atoms with Crippen molar-refractivity contribution in [2.24, 2.45) is 0 Å². The van der Waals surface area contributed by atoms with E-state index in [1.54, 1.807) is 12.2 Å². The fourth-order valence-corrected chi connectivity index (χ4v) is 1.90. The third-order valence-electron chi connectivity index (χ3n) is 2.67. The molecule has 2 aromatic rings. The molecule has 0 amide bonds. The third-order valence-corrected chi connectivity index (χ3v) is 2.67. The lowest BCUT2D eigenvalue weighted by atomic mass is 10.2. The molecular weight excluding hydrogens is 200 g/mol. The van der Waals surface area contributed by atoms with Crippen LogP contribution in [0.2, 0.25) is 0 Å². The lowest BCUT2D eigenvalue weighted by molar-refractivity contribution is -0.110. The number of hydrogen-bond acceptors (Lipinski definition) is 2. The summed E-state index contributed by atoms with van der Waals surface area (Å²) in [6, 6.07) is 7.97. The van der Waals surface area contributed by atoms with Crippen LogP contribution in [-0.2, 0) is 11.3 Å². The Balaban J connectivity index is 1.98. The van der Waals surface area contributed by atoms with E-state index >= 15 is 0 Å². The first-order valence-electron chi connectivity index (χ1n) is 5.15. The van der Waals surface area contributed by atoms with Crippen molar-refractivity contribution >= 4 is 16.8 Å². The standard InChI is InChI=1S/C13H10N2O/c16-11-6-5-10(7-11)8-15-9-14-12-3-1-2-4-13(12)15/h1-7,9H,8H2. The van der Waals surface area contributed by atoms with Crippen molar-refractivity contribution in [3.63, 3.8) is 0 Å². The highest BCUT2D eigenvalue weighted by Crippen LogP contribution is 2.15. The van der Waals surface area contributed by atoms with E-state index in [-0.39, 0.29) is 5.78 Å². The van der Waals surface area contributed by atoms with E-state index < -0.39 is 0 Å². The van der Waals surface area contributed by atoms with Crippen LogP contribution in [0.15, 0.2) is 54.4 Å². The maximum Gasteiger partial charge on any atom is 0.178 e. The minimum absolute atomic E-state index is 0.0689. The van der Waals surface area contributed by atoms with Crippen LogP contribution in [-0.4, -0.2) is 15.3 Å². The molecule has 0 N–H and O–H groups in total. The zero-order valence-electron chi connectivity index (χ0n) is 8.63. The van der Waals surface area contributed by atoms with Crippen LogP contribution in [0.1, 0.15) is 0 Å². The van der Waals surface area contributed by atoms with E-state index in [4.69, 9.17) is 0 Å². The maximum absolute atomic E-state index is 11.1. The number of fused-ring (bicyclic) bond motifs is 1. The summed E-state index contributed by atoms with van der Waals surface area (Å²) < 4.78 is 2.05. The molecule has 1 aliphatic carbocycles. The molecule has 0 saturated carbocycles. The number of carbonyl (C=O) groups excluding carboxylic acids is 1. The topological polar surface area (TPSA) is 34.9 Å². The number of benzene rings is 1. The van der Waals surface area contributed by atoms with Crippen molar-refractivity contribution < 1.29 is 4.79 Å². The molecule has 0 fully saturated rings. The molecule has 0 atom stereocenters. The van der Waals surface area contributed by atoms with Crippen molar-refractivity contribution in [1.82, 2.24) is 9.55 Å². The molecule has 16 heavy (non-hydrogen) atoms. The molecule has 1 aliphatic rings. The Labute approximate surface area is 92.7 Å². The largest absolute Gasteiger partial charge is 0.326 e. The predicted octanol–water partition coefficient (Wildman–Crippen LogP) is 2.10. The molecule has 0 radical (unpaired) electrons. The predicted molar refractivity (Wildman–Crippen MR) is 62.0 cm³/mol. The average molecular weight is 210 g/mol. The number of para-hydroxylation sites is 2. The Kier molecular flexibility index (Phi) is 1.96. The molecule has 0 spiro atoms. The SMILES string of the molecule is O=C1C=CC(Cn2cnc3ccccc32)=C1. The van der Waals surface area contributed by atoms with Crippen molar-refractivity contribution in [1.29, 1.82) is 0 Å². The number of ketones is 1. The monoisotopic (exact) mass is 210 g/mol. The molecule has 1 aromatic heterocycles. The Morgan fingerprint density at radius 3 is 2.88 bits per heavy atom. The molecule has 0 bridgehead atoms. The summed E-state index contributed by atoms with van der Waals surface area (Å²) in [6.07, 6.45) is 6.92. The lowest BCUT2D eigenvalue weighted by Gasteiger charge is -2.02. The second kappa shape index (κ2) is 3.45. The second-order valence-electron chi connectivity index (χ2n) is 3.82. The molecule has 3 rings (SSSR count). The summed E-state index contributed by atoms with van der Waals surface area (Å²) >= 11 is 0. The van der Waals surface area contributed by atoms with Crippen molar-refractivity contribution in [3.8, 4) is 0 Å². The van der Waals surface area contributed by atoms with Gasteiger partial charge in [0.05, 0.1) is 17.4 Å². The van der Waals surface area contributed by atoms with E-state index in [0.717, 1.165) is 16.6 Å². The third kappa shape index (κ3) is 1.46. The van der Waals surface area contributed by atoms with Gasteiger partial charge in [0.2, 0.25) is 0 Å². The van der Waals surface area contributed by atoms with Crippen molar-refractivity contribution in [3.05, 3.63) is 54.4 Å². The van der Waals surface area contributed by atoms with Crippen LogP contribution in [0, 0.1) is 0 Å². The van der Waals surface area contributed by atoms with Gasteiger partial charge in [0.1, 0.15) is 0 Å². The summed E-state index contributed by atoms with van der Waals surface area (Å²) in [5.41, 5.74) is 3.10. The number of allylic oxidation sites excluding steroid dienone is 4. The maximum atomic E-state index is 11.1. The van der Waals surface area contributed by atoms with Gasteiger partial charge in [-0.1, -0.05) is 18.2 Å². The smallest absolute Gasteiger partial charge is 0.178 e. The first-order chi connectivity index (χ1) is 7.83. The van der Waals surface area contributed by atoms with Crippen molar-refractivity contribution in [2.75, 3.05) is 0 Å². The van der Waals surface area contributed by atoms with E-state index in [9.17, 15) is 4.79 Å². The minimum atomic E-state index is 0.0689. The summed E-state index contributed by atoms with van der Waals surface area (Å²) in [5.74, 6) is 0.0689. The highest BCUT2D eigenvalue weighted by molar-refractivity contribution is 6.03. The van der Waals surface area contributed by atoms with Gasteiger partial charge in [-0.05, 0) is 29.9 Å². The summed E-state index contributed by atoms with van der Waals surface area (Å²) in [6.45, 7) is 0.697. The quantitative estimate of drug-likeness (QED) is 0.760. The minimum Gasteiger partial charge on any atom is -0.326 e. The number of imidazole rings is 1. The molecule has 0 unspecified atom stereocenters. The Morgan fingerprint density at radius 1 is 1.19 bits per heavy atom. The highest BCUT2D eigenvalue weighted by atomic mass is 16.1. The molecule has 0 aliphatic heterocycles. The Morgan fingerprint density at radius 2 is 2.06 bits per heavy atom. The first-order valence-corrected chi connectivity index (χ1v) is 5.15. The van der Waals surface area contributed by atoms with Gasteiger partial charge in [-0.2, -0.15) is 0 Å². The average Bonchev–Trinajstić information content (AvgIpc) is 2.87. The molecule has 1 aromatic carbocycles. The van der Waals surface area contributed by atoms with Gasteiger partial charge >= 0.3 is 0 Å². The van der Waals surface area contributed by atoms with Gasteiger partial charge in [-0.3, -0.25) is 4.79 Å².